The largest absolute Gasteiger partial charge is 0.301 e. The Morgan fingerprint density at radius 1 is 1.20 bits per heavy atom. The van der Waals surface area contributed by atoms with Gasteiger partial charge in [-0.2, -0.15) is 0 Å². The van der Waals surface area contributed by atoms with Crippen LogP contribution in [0.5, 0.6) is 0 Å². The Labute approximate surface area is 62.1 Å². The quantitative estimate of drug-likeness (QED) is 0.594. The van der Waals surface area contributed by atoms with Crippen LogP contribution in [-0.4, -0.2) is 27.4 Å². The molecule has 2 N–H and O–H groups in total. The minimum atomic E-state index is -3.21. The summed E-state index contributed by atoms with van der Waals surface area (Å²) in [5.41, 5.74) is 0. The minimum Gasteiger partial charge on any atom is -0.301 e. The van der Waals surface area contributed by atoms with E-state index in [9.17, 15) is 8.42 Å². The van der Waals surface area contributed by atoms with Crippen molar-refractivity contribution in [2.24, 2.45) is 0 Å². The van der Waals surface area contributed by atoms with Gasteiger partial charge in [0.15, 0.2) is 0 Å². The van der Waals surface area contributed by atoms with Crippen molar-refractivity contribution in [1.82, 2.24) is 10.0 Å². The van der Waals surface area contributed by atoms with Crippen molar-refractivity contribution in [1.29, 1.82) is 0 Å². The molecule has 10 heavy (non-hydrogen) atoms. The SMILES string of the molecule is CNC(C)(C)S(=O)(=O)NC. The van der Waals surface area contributed by atoms with Gasteiger partial charge in [-0.25, -0.2) is 13.1 Å². The smallest absolute Gasteiger partial charge is 0.229 e. The number of rotatable bonds is 3. The minimum absolute atomic E-state index is 0.901. The Morgan fingerprint density at radius 2 is 1.60 bits per heavy atom. The molecule has 0 aliphatic carbocycles. The zero-order chi connectivity index (χ0) is 8.41. The van der Waals surface area contributed by atoms with Crippen LogP contribution in [0.25, 0.3) is 0 Å². The second kappa shape index (κ2) is 2.86. The lowest BCUT2D eigenvalue weighted by atomic mass is 10.4. The molecule has 0 spiro atoms. The van der Waals surface area contributed by atoms with Gasteiger partial charge >= 0.3 is 0 Å². The summed E-state index contributed by atoms with van der Waals surface area (Å²) in [6, 6.07) is 0. The monoisotopic (exact) mass is 166 g/mol. The van der Waals surface area contributed by atoms with E-state index in [4.69, 9.17) is 0 Å². The Balaban J connectivity index is 4.64. The van der Waals surface area contributed by atoms with Crippen LogP contribution >= 0.6 is 0 Å². The molecule has 62 valence electrons. The Hall–Kier alpha value is -0.130. The maximum absolute atomic E-state index is 11.1. The van der Waals surface area contributed by atoms with Crippen molar-refractivity contribution in [2.45, 2.75) is 18.7 Å². The Bertz CT molecular complexity index is 196. The summed E-state index contributed by atoms with van der Waals surface area (Å²) in [5.74, 6) is 0. The Kier molecular flexibility index (Phi) is 2.82. The lowest BCUT2D eigenvalue weighted by Gasteiger charge is -2.22. The van der Waals surface area contributed by atoms with Gasteiger partial charge < -0.3 is 5.32 Å². The fourth-order valence-corrected chi connectivity index (χ4v) is 1.17. The van der Waals surface area contributed by atoms with Crippen LogP contribution in [0, 0.1) is 0 Å². The molecule has 5 heteroatoms. The second-order valence-electron chi connectivity index (χ2n) is 2.47. The maximum atomic E-state index is 11.1. The van der Waals surface area contributed by atoms with Crippen molar-refractivity contribution in [3.05, 3.63) is 0 Å². The van der Waals surface area contributed by atoms with E-state index < -0.39 is 14.9 Å². The molecule has 0 radical (unpaired) electrons. The zero-order valence-electron chi connectivity index (χ0n) is 6.72. The summed E-state index contributed by atoms with van der Waals surface area (Å²) >= 11 is 0. The summed E-state index contributed by atoms with van der Waals surface area (Å²) in [5, 5.41) is 2.68. The van der Waals surface area contributed by atoms with E-state index in [2.05, 4.69) is 10.0 Å². The molecule has 0 heterocycles. The third-order valence-corrected chi connectivity index (χ3v) is 3.63. The molecule has 0 saturated heterocycles. The van der Waals surface area contributed by atoms with Gasteiger partial charge in [0.1, 0.15) is 4.87 Å². The van der Waals surface area contributed by atoms with Gasteiger partial charge in [-0.3, -0.25) is 0 Å². The molecule has 0 aliphatic rings. The standard InChI is InChI=1S/C5H14N2O2S/c1-5(2,6-3)10(8,9)7-4/h6-7H,1-4H3. The second-order valence-corrected chi connectivity index (χ2v) is 4.90. The van der Waals surface area contributed by atoms with Gasteiger partial charge in [-0.1, -0.05) is 0 Å². The highest BCUT2D eigenvalue weighted by atomic mass is 32.2. The fraction of sp³-hybridized carbons (Fsp3) is 1.00. The lowest BCUT2D eigenvalue weighted by molar-refractivity contribution is 0.503. The third kappa shape index (κ3) is 1.68. The predicted octanol–water partition coefficient (Wildman–Crippen LogP) is -0.509. The summed E-state index contributed by atoms with van der Waals surface area (Å²) in [4.78, 5) is -0.901. The van der Waals surface area contributed by atoms with Crippen molar-refractivity contribution < 1.29 is 8.42 Å². The zero-order valence-corrected chi connectivity index (χ0v) is 7.54. The molecule has 0 bridgehead atoms. The van der Waals surface area contributed by atoms with Crippen molar-refractivity contribution >= 4 is 10.0 Å². The molecule has 0 atom stereocenters. The van der Waals surface area contributed by atoms with Crippen LogP contribution in [0.15, 0.2) is 0 Å². The summed E-state index contributed by atoms with van der Waals surface area (Å²) in [7, 11) is -0.206. The molecule has 0 fully saturated rings. The third-order valence-electron chi connectivity index (χ3n) is 1.54. The molecule has 0 rings (SSSR count). The van der Waals surface area contributed by atoms with Crippen molar-refractivity contribution in [3.63, 3.8) is 0 Å². The predicted molar refractivity (Wildman–Crippen MR) is 41.1 cm³/mol. The maximum Gasteiger partial charge on any atom is 0.229 e. The van der Waals surface area contributed by atoms with Crippen LogP contribution in [0.3, 0.4) is 0 Å². The molecule has 0 unspecified atom stereocenters. The molecule has 0 aromatic carbocycles. The van der Waals surface area contributed by atoms with E-state index in [1.807, 2.05) is 0 Å². The van der Waals surface area contributed by atoms with Gasteiger partial charge in [-0.05, 0) is 27.9 Å². The van der Waals surface area contributed by atoms with Gasteiger partial charge in [-0.15, -0.1) is 0 Å². The van der Waals surface area contributed by atoms with Crippen molar-refractivity contribution in [3.8, 4) is 0 Å². The number of hydrogen-bond donors (Lipinski definition) is 2. The van der Waals surface area contributed by atoms with Gasteiger partial charge in [0, 0.05) is 0 Å². The summed E-state index contributed by atoms with van der Waals surface area (Å²) in [6.07, 6.45) is 0. The molecule has 0 amide bonds. The van der Waals surface area contributed by atoms with E-state index in [1.165, 1.54) is 7.05 Å². The van der Waals surface area contributed by atoms with Gasteiger partial charge in [0.25, 0.3) is 0 Å². The van der Waals surface area contributed by atoms with Crippen LogP contribution in [0.4, 0.5) is 0 Å². The van der Waals surface area contributed by atoms with Crippen LogP contribution in [0.1, 0.15) is 13.8 Å². The average Bonchev–Trinajstić information content (AvgIpc) is 1.88. The lowest BCUT2D eigenvalue weighted by Crippen LogP contribution is -2.49. The topological polar surface area (TPSA) is 58.2 Å². The van der Waals surface area contributed by atoms with E-state index in [0.29, 0.717) is 0 Å². The molecule has 0 aromatic rings. The van der Waals surface area contributed by atoms with E-state index >= 15 is 0 Å². The normalized spacial score (nSPS) is 13.6. The van der Waals surface area contributed by atoms with Gasteiger partial charge in [0.2, 0.25) is 10.0 Å². The molecule has 0 aliphatic heterocycles. The first-order chi connectivity index (χ1) is 4.37. The number of nitrogens with one attached hydrogen (secondary N) is 2. The first-order valence-corrected chi connectivity index (χ1v) is 4.47. The highest BCUT2D eigenvalue weighted by Gasteiger charge is 2.30. The average molecular weight is 166 g/mol. The summed E-state index contributed by atoms with van der Waals surface area (Å²) < 4.78 is 24.4. The van der Waals surface area contributed by atoms with Crippen LogP contribution in [0.2, 0.25) is 0 Å². The van der Waals surface area contributed by atoms with Crippen LogP contribution < -0.4 is 10.0 Å². The highest BCUT2D eigenvalue weighted by Crippen LogP contribution is 2.08. The van der Waals surface area contributed by atoms with Crippen LogP contribution in [-0.2, 0) is 10.0 Å². The fourth-order valence-electron chi connectivity index (χ4n) is 0.390. The summed E-state index contributed by atoms with van der Waals surface area (Å²) in [6.45, 7) is 3.19. The molecular formula is C5H14N2O2S. The molecule has 4 nitrogen and oxygen atoms in total. The first-order valence-electron chi connectivity index (χ1n) is 2.99. The number of hydrogen-bond acceptors (Lipinski definition) is 3. The van der Waals surface area contributed by atoms with E-state index in [-0.39, 0.29) is 0 Å². The molecular weight excluding hydrogens is 152 g/mol. The first kappa shape index (κ1) is 9.87. The highest BCUT2D eigenvalue weighted by molar-refractivity contribution is 7.90. The Morgan fingerprint density at radius 3 is 1.70 bits per heavy atom. The molecule has 0 aromatic heterocycles. The number of sulfonamides is 1. The van der Waals surface area contributed by atoms with Gasteiger partial charge in [0.05, 0.1) is 0 Å². The molecule has 0 saturated carbocycles. The van der Waals surface area contributed by atoms with Crippen molar-refractivity contribution in [2.75, 3.05) is 14.1 Å². The van der Waals surface area contributed by atoms with E-state index in [1.54, 1.807) is 20.9 Å². The van der Waals surface area contributed by atoms with E-state index in [0.717, 1.165) is 0 Å².